The molecule has 4 nitrogen and oxygen atoms in total. The van der Waals surface area contributed by atoms with Crippen molar-refractivity contribution >= 4 is 28.1 Å². The van der Waals surface area contributed by atoms with Crippen molar-refractivity contribution in [2.75, 3.05) is 26.8 Å². The molecule has 1 aliphatic heterocycles. The summed E-state index contributed by atoms with van der Waals surface area (Å²) >= 11 is 5.45. The third-order valence-corrected chi connectivity index (χ3v) is 6.30. The molecule has 2 aliphatic rings. The summed E-state index contributed by atoms with van der Waals surface area (Å²) in [5.74, 6) is 0.560. The molecule has 140 valence electrons. The molecule has 0 unspecified atom stereocenters. The van der Waals surface area contributed by atoms with Crippen molar-refractivity contribution in [1.29, 1.82) is 0 Å². The zero-order valence-corrected chi connectivity index (χ0v) is 16.8. The molecule has 1 aromatic heterocycles. The summed E-state index contributed by atoms with van der Waals surface area (Å²) in [7, 11) is 1.70. The van der Waals surface area contributed by atoms with E-state index in [4.69, 9.17) is 17.0 Å². The molecule has 0 bridgehead atoms. The van der Waals surface area contributed by atoms with E-state index >= 15 is 0 Å². The van der Waals surface area contributed by atoms with Gasteiger partial charge in [-0.2, -0.15) is 0 Å². The van der Waals surface area contributed by atoms with Crippen LogP contribution in [0.1, 0.15) is 42.5 Å². The van der Waals surface area contributed by atoms with Gasteiger partial charge in [-0.25, -0.2) is 0 Å². The Morgan fingerprint density at radius 1 is 1.42 bits per heavy atom. The summed E-state index contributed by atoms with van der Waals surface area (Å²) in [4.78, 5) is 7.11. The van der Waals surface area contributed by atoms with E-state index in [0.29, 0.717) is 24.6 Å². The zero-order chi connectivity index (χ0) is 18.3. The van der Waals surface area contributed by atoms with Crippen molar-refractivity contribution in [3.05, 3.63) is 35.0 Å². The highest BCUT2D eigenvalue weighted by atomic mass is 32.1. The number of hydrogen-bond acceptors (Lipinski definition) is 3. The number of nitrogens with one attached hydrogen (secondary N) is 2. The summed E-state index contributed by atoms with van der Waals surface area (Å²) in [6, 6.07) is 7.75. The van der Waals surface area contributed by atoms with Gasteiger partial charge in [0, 0.05) is 48.3 Å². The van der Waals surface area contributed by atoms with Gasteiger partial charge in [0.15, 0.2) is 0 Å². The van der Waals surface area contributed by atoms with Gasteiger partial charge in [0.05, 0.1) is 6.61 Å². The molecular formula is C21H29N3OS. The van der Waals surface area contributed by atoms with E-state index in [0.717, 1.165) is 30.9 Å². The van der Waals surface area contributed by atoms with Crippen LogP contribution in [0.2, 0.25) is 0 Å². The van der Waals surface area contributed by atoms with Crippen molar-refractivity contribution in [1.82, 2.24) is 15.2 Å². The Labute approximate surface area is 161 Å². The first-order valence-corrected chi connectivity index (χ1v) is 10.2. The number of fused-ring (bicyclic) bond motifs is 2. The van der Waals surface area contributed by atoms with Gasteiger partial charge >= 0.3 is 0 Å². The lowest BCUT2D eigenvalue weighted by Crippen LogP contribution is -2.56. The highest BCUT2D eigenvalue weighted by Gasteiger charge is 2.41. The van der Waals surface area contributed by atoms with Gasteiger partial charge in [0.1, 0.15) is 4.99 Å². The number of likely N-dealkylation sites (tertiary alicyclic amines) is 1. The predicted molar refractivity (Wildman–Crippen MR) is 111 cm³/mol. The van der Waals surface area contributed by atoms with Crippen molar-refractivity contribution in [3.63, 3.8) is 0 Å². The highest BCUT2D eigenvalue weighted by Crippen LogP contribution is 2.44. The maximum Gasteiger partial charge on any atom is 0.102 e. The Hall–Kier alpha value is -1.43. The van der Waals surface area contributed by atoms with Crippen LogP contribution >= 0.6 is 12.2 Å². The second-order valence-electron chi connectivity index (χ2n) is 7.80. The average Bonchev–Trinajstić information content (AvgIpc) is 2.93. The normalized spacial score (nSPS) is 25.3. The topological polar surface area (TPSA) is 40.3 Å². The van der Waals surface area contributed by atoms with Gasteiger partial charge in [-0.1, -0.05) is 31.3 Å². The predicted octanol–water partition coefficient (Wildman–Crippen LogP) is 3.53. The van der Waals surface area contributed by atoms with E-state index in [1.54, 1.807) is 7.11 Å². The highest BCUT2D eigenvalue weighted by molar-refractivity contribution is 7.80. The molecule has 4 rings (SSSR count). The molecule has 0 radical (unpaired) electrons. The molecule has 1 saturated heterocycles. The molecule has 26 heavy (non-hydrogen) atoms. The van der Waals surface area contributed by atoms with Gasteiger partial charge in [-0.15, -0.1) is 0 Å². The molecule has 1 aliphatic carbocycles. The van der Waals surface area contributed by atoms with Crippen LogP contribution in [-0.2, 0) is 11.2 Å². The average molecular weight is 372 g/mol. The Kier molecular flexibility index (Phi) is 5.04. The Morgan fingerprint density at radius 3 is 3.04 bits per heavy atom. The molecular weight excluding hydrogens is 342 g/mol. The number of aryl methyl sites for hydroxylation is 1. The van der Waals surface area contributed by atoms with Crippen LogP contribution in [0.5, 0.6) is 0 Å². The number of benzene rings is 1. The fourth-order valence-electron chi connectivity index (χ4n) is 5.12. The Bertz CT molecular complexity index is 815. The molecule has 5 heteroatoms. The largest absolute Gasteiger partial charge is 0.378 e. The smallest absolute Gasteiger partial charge is 0.102 e. The lowest BCUT2D eigenvalue weighted by Gasteiger charge is -2.47. The Balaban J connectivity index is 1.69. The van der Waals surface area contributed by atoms with Crippen LogP contribution in [0.3, 0.4) is 0 Å². The summed E-state index contributed by atoms with van der Waals surface area (Å²) in [5, 5.41) is 5.03. The van der Waals surface area contributed by atoms with E-state index in [2.05, 4.69) is 47.2 Å². The van der Waals surface area contributed by atoms with Crippen LogP contribution in [0, 0.1) is 6.92 Å². The summed E-state index contributed by atoms with van der Waals surface area (Å²) in [6.07, 6.45) is 3.47. The monoisotopic (exact) mass is 371 g/mol. The van der Waals surface area contributed by atoms with E-state index < -0.39 is 0 Å². The zero-order valence-electron chi connectivity index (χ0n) is 16.0. The fraction of sp³-hybridized carbons (Fsp3) is 0.571. The first-order valence-electron chi connectivity index (χ1n) is 9.74. The third kappa shape index (κ3) is 3.06. The number of aromatic nitrogens is 1. The molecule has 1 aromatic carbocycles. The van der Waals surface area contributed by atoms with Crippen LogP contribution in [-0.4, -0.2) is 53.8 Å². The molecule has 1 fully saturated rings. The second kappa shape index (κ2) is 7.29. The Morgan fingerprint density at radius 2 is 2.27 bits per heavy atom. The minimum atomic E-state index is 0.391. The molecule has 2 heterocycles. The molecule has 0 amide bonds. The SMILES string of the molecule is CCCN1C[C@@H](NC(=S)COC)C[C@@H]2c3cccc4[nH]c(C)c(c34)C[C@H]21. The standard InChI is InChI=1S/C21H29N3OS/c1-4-8-24-11-14(23-20(26)12-25-3)9-17-15-6-5-7-18-21(15)16(10-19(17)24)13(2)22-18/h5-7,14,17,19,22H,4,8-12H2,1-3H3,(H,23,26)/t14-,17+,19+/m0/s1. The first-order chi connectivity index (χ1) is 12.6. The van der Waals surface area contributed by atoms with E-state index in [1.807, 2.05) is 0 Å². The number of thiocarbonyl (C=S) groups is 1. The third-order valence-electron chi connectivity index (χ3n) is 6.06. The number of nitrogens with zero attached hydrogens (tertiary/aromatic N) is 1. The minimum Gasteiger partial charge on any atom is -0.378 e. The van der Waals surface area contributed by atoms with E-state index in [-0.39, 0.29) is 0 Å². The number of ether oxygens (including phenoxy) is 1. The molecule has 2 aromatic rings. The van der Waals surface area contributed by atoms with Crippen molar-refractivity contribution in [2.45, 2.75) is 51.1 Å². The van der Waals surface area contributed by atoms with Gasteiger partial charge in [0.25, 0.3) is 0 Å². The molecule has 2 N–H and O–H groups in total. The summed E-state index contributed by atoms with van der Waals surface area (Å²) in [6.45, 7) is 7.21. The van der Waals surface area contributed by atoms with Crippen molar-refractivity contribution in [2.24, 2.45) is 0 Å². The van der Waals surface area contributed by atoms with Crippen LogP contribution in [0.15, 0.2) is 18.2 Å². The minimum absolute atomic E-state index is 0.391. The fourth-order valence-corrected chi connectivity index (χ4v) is 5.40. The lowest BCUT2D eigenvalue weighted by atomic mass is 9.73. The van der Waals surface area contributed by atoms with Gasteiger partial charge in [-0.3, -0.25) is 4.90 Å². The van der Waals surface area contributed by atoms with E-state index in [1.165, 1.54) is 34.1 Å². The van der Waals surface area contributed by atoms with Gasteiger partial charge in [0.2, 0.25) is 0 Å². The lowest BCUT2D eigenvalue weighted by molar-refractivity contribution is 0.104. The number of methoxy groups -OCH3 is 1. The molecule has 0 spiro atoms. The summed E-state index contributed by atoms with van der Waals surface area (Å²) < 4.78 is 5.20. The number of hydrogen-bond donors (Lipinski definition) is 2. The number of piperidine rings is 1. The first kappa shape index (κ1) is 18.0. The van der Waals surface area contributed by atoms with E-state index in [9.17, 15) is 0 Å². The number of aromatic amines is 1. The quantitative estimate of drug-likeness (QED) is 0.789. The molecule has 0 saturated carbocycles. The van der Waals surface area contributed by atoms with Crippen molar-refractivity contribution < 1.29 is 4.74 Å². The maximum absolute atomic E-state index is 5.45. The van der Waals surface area contributed by atoms with Gasteiger partial charge < -0.3 is 15.0 Å². The number of H-pyrrole nitrogens is 1. The number of rotatable bonds is 5. The summed E-state index contributed by atoms with van der Waals surface area (Å²) in [5.41, 5.74) is 5.67. The van der Waals surface area contributed by atoms with Crippen LogP contribution in [0.4, 0.5) is 0 Å². The molecule has 3 atom stereocenters. The second-order valence-corrected chi connectivity index (χ2v) is 8.30. The van der Waals surface area contributed by atoms with Crippen molar-refractivity contribution in [3.8, 4) is 0 Å². The van der Waals surface area contributed by atoms with Crippen LogP contribution in [0.25, 0.3) is 10.9 Å². The maximum atomic E-state index is 5.45. The van der Waals surface area contributed by atoms with Crippen LogP contribution < -0.4 is 5.32 Å². The van der Waals surface area contributed by atoms with Gasteiger partial charge in [-0.05, 0) is 49.9 Å².